The molecule has 0 bridgehead atoms. The lowest BCUT2D eigenvalue weighted by molar-refractivity contribution is -0.148. The van der Waals surface area contributed by atoms with Gasteiger partial charge in [0.05, 0.1) is 20.8 Å². The molecule has 116 valence electrons. The van der Waals surface area contributed by atoms with Crippen molar-refractivity contribution in [2.75, 3.05) is 20.8 Å². The van der Waals surface area contributed by atoms with E-state index in [0.717, 1.165) is 5.56 Å². The number of benzene rings is 1. The van der Waals surface area contributed by atoms with Gasteiger partial charge in [0, 0.05) is 6.54 Å². The van der Waals surface area contributed by atoms with Gasteiger partial charge in [-0.25, -0.2) is 4.79 Å². The van der Waals surface area contributed by atoms with Crippen molar-refractivity contribution in [3.05, 3.63) is 23.8 Å². The molecule has 0 aromatic heterocycles. The van der Waals surface area contributed by atoms with E-state index in [4.69, 9.17) is 15.2 Å². The second-order valence-electron chi connectivity index (χ2n) is 4.14. The zero-order valence-electron chi connectivity index (χ0n) is 12.3. The Bertz CT molecular complexity index is 504. The monoisotopic (exact) mass is 296 g/mol. The van der Waals surface area contributed by atoms with Gasteiger partial charge in [-0.15, -0.1) is 0 Å². The molecule has 7 heteroatoms. The third-order valence-corrected chi connectivity index (χ3v) is 2.74. The van der Waals surface area contributed by atoms with E-state index < -0.39 is 17.9 Å². The van der Waals surface area contributed by atoms with Crippen molar-refractivity contribution in [3.63, 3.8) is 0 Å². The molecule has 0 aliphatic heterocycles. The fourth-order valence-corrected chi connectivity index (χ4v) is 1.63. The van der Waals surface area contributed by atoms with Crippen LogP contribution in [0.3, 0.4) is 0 Å². The fourth-order valence-electron chi connectivity index (χ4n) is 1.63. The maximum Gasteiger partial charge on any atom is 0.332 e. The van der Waals surface area contributed by atoms with Crippen molar-refractivity contribution in [2.45, 2.75) is 19.5 Å². The van der Waals surface area contributed by atoms with Gasteiger partial charge in [0.1, 0.15) is 0 Å². The first kappa shape index (κ1) is 16.8. The van der Waals surface area contributed by atoms with Crippen molar-refractivity contribution in [1.29, 1.82) is 0 Å². The number of amides is 1. The van der Waals surface area contributed by atoms with Crippen molar-refractivity contribution < 1.29 is 23.8 Å². The summed E-state index contributed by atoms with van der Waals surface area (Å²) in [5, 5.41) is 2.57. The molecule has 0 heterocycles. The third kappa shape index (κ3) is 4.64. The number of carbonyl (C=O) groups excluding carboxylic acids is 2. The summed E-state index contributed by atoms with van der Waals surface area (Å²) in [6, 6.07) is 3.91. The molecule has 0 saturated carbocycles. The molecule has 0 radical (unpaired) electrons. The lowest BCUT2D eigenvalue weighted by Gasteiger charge is -2.12. The number of carbonyl (C=O) groups is 2. The number of hydrogen-bond donors (Lipinski definition) is 2. The fraction of sp³-hybridized carbons (Fsp3) is 0.429. The van der Waals surface area contributed by atoms with Crippen molar-refractivity contribution in [3.8, 4) is 11.5 Å². The van der Waals surface area contributed by atoms with Crippen LogP contribution >= 0.6 is 0 Å². The summed E-state index contributed by atoms with van der Waals surface area (Å²) in [6.45, 7) is 2.04. The number of ether oxygens (including phenoxy) is 3. The summed E-state index contributed by atoms with van der Waals surface area (Å²) in [5.74, 6) is -0.194. The van der Waals surface area contributed by atoms with E-state index in [0.29, 0.717) is 11.5 Å². The molecule has 3 N–H and O–H groups in total. The van der Waals surface area contributed by atoms with Crippen LogP contribution in [0, 0.1) is 0 Å². The van der Waals surface area contributed by atoms with Crippen LogP contribution in [0.2, 0.25) is 0 Å². The summed E-state index contributed by atoms with van der Waals surface area (Å²) in [7, 11) is 3.06. The van der Waals surface area contributed by atoms with Gasteiger partial charge in [-0.05, 0) is 24.6 Å². The van der Waals surface area contributed by atoms with Gasteiger partial charge in [0.15, 0.2) is 17.5 Å². The third-order valence-electron chi connectivity index (χ3n) is 2.74. The number of nitrogens with one attached hydrogen (secondary N) is 1. The predicted molar refractivity (Wildman–Crippen MR) is 76.0 cm³/mol. The van der Waals surface area contributed by atoms with E-state index in [1.54, 1.807) is 25.1 Å². The molecule has 0 aliphatic rings. The molecular weight excluding hydrogens is 276 g/mol. The number of hydrogen-bond acceptors (Lipinski definition) is 6. The van der Waals surface area contributed by atoms with E-state index in [-0.39, 0.29) is 13.2 Å². The van der Waals surface area contributed by atoms with Crippen LogP contribution in [0.1, 0.15) is 12.5 Å². The zero-order chi connectivity index (χ0) is 15.8. The predicted octanol–water partition coefficient (Wildman–Crippen LogP) is 0.210. The van der Waals surface area contributed by atoms with E-state index in [1.807, 2.05) is 0 Å². The molecule has 0 aliphatic carbocycles. The molecular formula is C14H20N2O5. The van der Waals surface area contributed by atoms with Crippen LogP contribution in [-0.2, 0) is 20.9 Å². The van der Waals surface area contributed by atoms with E-state index in [2.05, 4.69) is 10.1 Å². The van der Waals surface area contributed by atoms with Crippen molar-refractivity contribution in [1.82, 2.24) is 5.32 Å². The van der Waals surface area contributed by atoms with Crippen LogP contribution < -0.4 is 20.5 Å². The topological polar surface area (TPSA) is 99.9 Å². The molecule has 1 aromatic carbocycles. The van der Waals surface area contributed by atoms with Gasteiger partial charge in [-0.2, -0.15) is 0 Å². The van der Waals surface area contributed by atoms with E-state index >= 15 is 0 Å². The Morgan fingerprint density at radius 2 is 1.90 bits per heavy atom. The number of nitrogens with two attached hydrogens (primary N) is 1. The van der Waals surface area contributed by atoms with Crippen LogP contribution in [-0.4, -0.2) is 38.7 Å². The highest BCUT2D eigenvalue weighted by Crippen LogP contribution is 2.27. The van der Waals surface area contributed by atoms with Crippen LogP contribution in [0.4, 0.5) is 0 Å². The molecule has 1 unspecified atom stereocenters. The number of esters is 1. The molecule has 0 fully saturated rings. The minimum Gasteiger partial charge on any atom is -0.493 e. The van der Waals surface area contributed by atoms with Crippen molar-refractivity contribution >= 4 is 11.9 Å². The first-order valence-corrected chi connectivity index (χ1v) is 6.44. The molecule has 7 nitrogen and oxygen atoms in total. The average molecular weight is 296 g/mol. The van der Waals surface area contributed by atoms with Gasteiger partial charge >= 0.3 is 5.97 Å². The zero-order valence-corrected chi connectivity index (χ0v) is 12.3. The van der Waals surface area contributed by atoms with Crippen LogP contribution in [0.25, 0.3) is 0 Å². The summed E-state index contributed by atoms with van der Waals surface area (Å²) in [6.07, 6.45) is 0. The van der Waals surface area contributed by atoms with Gasteiger partial charge in [0.2, 0.25) is 5.91 Å². The van der Waals surface area contributed by atoms with Gasteiger partial charge < -0.3 is 25.3 Å². The first-order valence-electron chi connectivity index (χ1n) is 6.44. The second-order valence-corrected chi connectivity index (χ2v) is 4.14. The Morgan fingerprint density at radius 3 is 2.48 bits per heavy atom. The summed E-state index contributed by atoms with van der Waals surface area (Å²) in [5.41, 5.74) is 6.27. The normalized spacial score (nSPS) is 11.4. The quantitative estimate of drug-likeness (QED) is 0.551. The van der Waals surface area contributed by atoms with E-state index in [9.17, 15) is 9.59 Å². The largest absolute Gasteiger partial charge is 0.493 e. The smallest absolute Gasteiger partial charge is 0.332 e. The van der Waals surface area contributed by atoms with E-state index in [1.165, 1.54) is 14.2 Å². The molecule has 0 saturated heterocycles. The maximum absolute atomic E-state index is 11.7. The number of methoxy groups -OCH3 is 2. The SMILES string of the molecule is CCOC(=O)C(N)C(=O)NCc1ccc(OC)c(OC)c1. The van der Waals surface area contributed by atoms with Crippen molar-refractivity contribution in [2.24, 2.45) is 5.73 Å². The Balaban J connectivity index is 2.62. The Kier molecular flexibility index (Phi) is 6.48. The Labute approximate surface area is 123 Å². The Morgan fingerprint density at radius 1 is 1.24 bits per heavy atom. The lowest BCUT2D eigenvalue weighted by Crippen LogP contribution is -2.46. The summed E-state index contributed by atoms with van der Waals surface area (Å²) >= 11 is 0. The molecule has 1 amide bonds. The molecule has 0 spiro atoms. The highest BCUT2D eigenvalue weighted by Gasteiger charge is 2.22. The van der Waals surface area contributed by atoms with Gasteiger partial charge in [-0.3, -0.25) is 4.79 Å². The Hall–Kier alpha value is -2.28. The van der Waals surface area contributed by atoms with Crippen LogP contribution in [0.15, 0.2) is 18.2 Å². The van der Waals surface area contributed by atoms with Gasteiger partial charge in [-0.1, -0.05) is 6.07 Å². The van der Waals surface area contributed by atoms with Crippen LogP contribution in [0.5, 0.6) is 11.5 Å². The molecule has 21 heavy (non-hydrogen) atoms. The second kappa shape index (κ2) is 8.11. The summed E-state index contributed by atoms with van der Waals surface area (Å²) < 4.78 is 15.0. The molecule has 1 aromatic rings. The highest BCUT2D eigenvalue weighted by molar-refractivity contribution is 6.01. The lowest BCUT2D eigenvalue weighted by atomic mass is 10.2. The minimum atomic E-state index is -1.33. The minimum absolute atomic E-state index is 0.176. The first-order chi connectivity index (χ1) is 10.0. The maximum atomic E-state index is 11.7. The van der Waals surface area contributed by atoms with Gasteiger partial charge in [0.25, 0.3) is 0 Å². The summed E-state index contributed by atoms with van der Waals surface area (Å²) in [4.78, 5) is 23.1. The number of rotatable bonds is 7. The highest BCUT2D eigenvalue weighted by atomic mass is 16.5. The molecule has 1 rings (SSSR count). The molecule has 1 atom stereocenters. The average Bonchev–Trinajstić information content (AvgIpc) is 2.51. The standard InChI is InChI=1S/C14H20N2O5/c1-4-21-14(18)12(15)13(17)16-8-9-5-6-10(19-2)11(7-9)20-3/h5-7,12H,4,8,15H2,1-3H3,(H,16,17).